The van der Waals surface area contributed by atoms with Crippen LogP contribution in [-0.4, -0.2) is 28.8 Å². The Kier molecular flexibility index (Phi) is 9.13. The zero-order chi connectivity index (χ0) is 16.7. The maximum atomic E-state index is 6.06. The van der Waals surface area contributed by atoms with Crippen LogP contribution in [0.15, 0.2) is 41.7 Å². The van der Waals surface area contributed by atoms with Gasteiger partial charge in [0.05, 0.1) is 25.3 Å². The number of nitrogens with one attached hydrogen (secondary N) is 2. The third-order valence-electron chi connectivity index (χ3n) is 3.41. The largest absolute Gasteiger partial charge is 0.357 e. The second kappa shape index (κ2) is 10.6. The van der Waals surface area contributed by atoms with Crippen LogP contribution in [0.3, 0.4) is 0 Å². The molecule has 0 spiro atoms. The Balaban J connectivity index is 0.00000288. The van der Waals surface area contributed by atoms with E-state index in [1.165, 1.54) is 0 Å². The maximum absolute atomic E-state index is 6.06. The van der Waals surface area contributed by atoms with Crippen LogP contribution in [0.1, 0.15) is 31.0 Å². The van der Waals surface area contributed by atoms with Gasteiger partial charge in [-0.3, -0.25) is 9.67 Å². The van der Waals surface area contributed by atoms with Crippen LogP contribution in [0.2, 0.25) is 5.02 Å². The monoisotopic (exact) mass is 461 g/mol. The van der Waals surface area contributed by atoms with Crippen molar-refractivity contribution < 1.29 is 0 Å². The molecule has 0 bridgehead atoms. The van der Waals surface area contributed by atoms with Crippen molar-refractivity contribution in [2.24, 2.45) is 4.99 Å². The highest BCUT2D eigenvalue weighted by Crippen LogP contribution is 2.17. The summed E-state index contributed by atoms with van der Waals surface area (Å²) < 4.78 is 1.91. The van der Waals surface area contributed by atoms with Gasteiger partial charge < -0.3 is 10.6 Å². The lowest BCUT2D eigenvalue weighted by Gasteiger charge is -2.18. The first kappa shape index (κ1) is 20.8. The third-order valence-corrected chi connectivity index (χ3v) is 3.64. The van der Waals surface area contributed by atoms with Gasteiger partial charge in [0.2, 0.25) is 0 Å². The topological polar surface area (TPSA) is 54.2 Å². The zero-order valence-corrected chi connectivity index (χ0v) is 17.4. The SMILES string of the molecule is CCNC(=NCCn1cc(C)cn1)NC(C)c1cccc(Cl)c1.I. The van der Waals surface area contributed by atoms with Gasteiger partial charge in [-0.05, 0) is 44.0 Å². The minimum absolute atomic E-state index is 0. The van der Waals surface area contributed by atoms with Crippen LogP contribution in [0.25, 0.3) is 0 Å². The van der Waals surface area contributed by atoms with Crippen molar-refractivity contribution in [1.29, 1.82) is 0 Å². The Morgan fingerprint density at radius 2 is 2.21 bits per heavy atom. The second-order valence-electron chi connectivity index (χ2n) is 5.46. The van der Waals surface area contributed by atoms with Crippen LogP contribution in [0.5, 0.6) is 0 Å². The molecule has 7 heteroatoms. The van der Waals surface area contributed by atoms with Crippen LogP contribution in [0, 0.1) is 6.92 Å². The van der Waals surface area contributed by atoms with Crippen LogP contribution in [0.4, 0.5) is 0 Å². The van der Waals surface area contributed by atoms with Gasteiger partial charge >= 0.3 is 0 Å². The quantitative estimate of drug-likeness (QED) is 0.391. The number of rotatable bonds is 6. The molecule has 0 aliphatic carbocycles. The van der Waals surface area contributed by atoms with E-state index in [1.54, 1.807) is 0 Å². The first-order chi connectivity index (χ1) is 11.1. The number of halogens is 2. The molecule has 0 aliphatic heterocycles. The fraction of sp³-hybridized carbons (Fsp3) is 0.412. The molecule has 1 aromatic carbocycles. The highest BCUT2D eigenvalue weighted by molar-refractivity contribution is 14.0. The van der Waals surface area contributed by atoms with E-state index in [9.17, 15) is 0 Å². The van der Waals surface area contributed by atoms with Gasteiger partial charge in [-0.25, -0.2) is 0 Å². The van der Waals surface area contributed by atoms with E-state index in [4.69, 9.17) is 11.6 Å². The molecule has 1 atom stereocenters. The average Bonchev–Trinajstić information content (AvgIpc) is 2.93. The maximum Gasteiger partial charge on any atom is 0.191 e. The van der Waals surface area contributed by atoms with Crippen molar-refractivity contribution in [3.63, 3.8) is 0 Å². The number of hydrogen-bond donors (Lipinski definition) is 2. The van der Waals surface area contributed by atoms with Crippen molar-refractivity contribution in [2.75, 3.05) is 13.1 Å². The van der Waals surface area contributed by atoms with Gasteiger partial charge in [0.1, 0.15) is 0 Å². The summed E-state index contributed by atoms with van der Waals surface area (Å²) in [6.45, 7) is 8.42. The predicted octanol–water partition coefficient (Wildman–Crippen LogP) is 3.78. The molecule has 1 unspecified atom stereocenters. The molecule has 0 fully saturated rings. The first-order valence-corrected chi connectivity index (χ1v) is 8.25. The number of guanidine groups is 1. The number of aromatic nitrogens is 2. The van der Waals surface area contributed by atoms with E-state index in [0.29, 0.717) is 6.54 Å². The smallest absolute Gasteiger partial charge is 0.191 e. The number of hydrogen-bond acceptors (Lipinski definition) is 2. The molecule has 2 rings (SSSR count). The third kappa shape index (κ3) is 6.68. The van der Waals surface area contributed by atoms with E-state index in [1.807, 2.05) is 42.2 Å². The van der Waals surface area contributed by atoms with E-state index in [-0.39, 0.29) is 30.0 Å². The summed E-state index contributed by atoms with van der Waals surface area (Å²) in [4.78, 5) is 4.61. The van der Waals surface area contributed by atoms with Gasteiger partial charge in [-0.1, -0.05) is 23.7 Å². The lowest BCUT2D eigenvalue weighted by Crippen LogP contribution is -2.39. The number of nitrogens with zero attached hydrogens (tertiary/aromatic N) is 3. The predicted molar refractivity (Wildman–Crippen MR) is 111 cm³/mol. The zero-order valence-electron chi connectivity index (χ0n) is 14.3. The average molecular weight is 462 g/mol. The van der Waals surface area contributed by atoms with E-state index < -0.39 is 0 Å². The Labute approximate surface area is 165 Å². The van der Waals surface area contributed by atoms with Gasteiger partial charge in [-0.15, -0.1) is 24.0 Å². The summed E-state index contributed by atoms with van der Waals surface area (Å²) in [7, 11) is 0. The summed E-state index contributed by atoms with van der Waals surface area (Å²) in [6.07, 6.45) is 3.87. The molecule has 0 saturated heterocycles. The molecule has 2 aromatic rings. The molecule has 0 aliphatic rings. The van der Waals surface area contributed by atoms with Crippen molar-refractivity contribution in [3.05, 3.63) is 52.8 Å². The summed E-state index contributed by atoms with van der Waals surface area (Å²) >= 11 is 6.06. The van der Waals surface area contributed by atoms with Crippen LogP contribution >= 0.6 is 35.6 Å². The highest BCUT2D eigenvalue weighted by atomic mass is 127. The lowest BCUT2D eigenvalue weighted by atomic mass is 10.1. The Bertz CT molecular complexity index is 656. The summed E-state index contributed by atoms with van der Waals surface area (Å²) in [6, 6.07) is 7.98. The Morgan fingerprint density at radius 3 is 2.83 bits per heavy atom. The lowest BCUT2D eigenvalue weighted by molar-refractivity contribution is 0.617. The molecule has 0 radical (unpaired) electrons. The highest BCUT2D eigenvalue weighted by Gasteiger charge is 2.08. The van der Waals surface area contributed by atoms with Crippen molar-refractivity contribution in [3.8, 4) is 0 Å². The summed E-state index contributed by atoms with van der Waals surface area (Å²) in [5.41, 5.74) is 2.29. The number of aryl methyl sites for hydroxylation is 1. The van der Waals surface area contributed by atoms with Gasteiger partial charge in [-0.2, -0.15) is 5.10 Å². The molecule has 1 aromatic heterocycles. The summed E-state index contributed by atoms with van der Waals surface area (Å²) in [5.74, 6) is 0.795. The van der Waals surface area contributed by atoms with Crippen molar-refractivity contribution in [1.82, 2.24) is 20.4 Å². The van der Waals surface area contributed by atoms with Crippen LogP contribution < -0.4 is 10.6 Å². The molecular weight excluding hydrogens is 437 g/mol. The molecule has 132 valence electrons. The van der Waals surface area contributed by atoms with E-state index in [2.05, 4.69) is 40.6 Å². The normalized spacial score (nSPS) is 12.4. The summed E-state index contributed by atoms with van der Waals surface area (Å²) in [5, 5.41) is 11.7. The fourth-order valence-corrected chi connectivity index (χ4v) is 2.44. The van der Waals surface area contributed by atoms with E-state index in [0.717, 1.165) is 35.2 Å². The number of benzene rings is 1. The molecule has 5 nitrogen and oxygen atoms in total. The molecular formula is C17H25ClIN5. The van der Waals surface area contributed by atoms with Gasteiger partial charge in [0.25, 0.3) is 0 Å². The molecule has 0 amide bonds. The van der Waals surface area contributed by atoms with Crippen LogP contribution in [-0.2, 0) is 6.54 Å². The Hall–Kier alpha value is -1.28. The first-order valence-electron chi connectivity index (χ1n) is 7.88. The fourth-order valence-electron chi connectivity index (χ4n) is 2.24. The molecule has 0 saturated carbocycles. The molecule has 2 N–H and O–H groups in total. The number of aliphatic imine (C=N–C) groups is 1. The van der Waals surface area contributed by atoms with Crippen molar-refractivity contribution >= 4 is 41.5 Å². The minimum Gasteiger partial charge on any atom is -0.357 e. The Morgan fingerprint density at radius 1 is 1.42 bits per heavy atom. The second-order valence-corrected chi connectivity index (χ2v) is 5.90. The molecule has 1 heterocycles. The molecule has 24 heavy (non-hydrogen) atoms. The van der Waals surface area contributed by atoms with E-state index >= 15 is 0 Å². The minimum atomic E-state index is 0. The van der Waals surface area contributed by atoms with Gasteiger partial charge in [0.15, 0.2) is 5.96 Å². The van der Waals surface area contributed by atoms with Crippen molar-refractivity contribution in [2.45, 2.75) is 33.4 Å². The standard InChI is InChI=1S/C17H24ClN5.HI/c1-4-19-17(20-8-9-23-12-13(2)11-21-23)22-14(3)15-6-5-7-16(18)10-15;/h5-7,10-12,14H,4,8-9H2,1-3H3,(H2,19,20,22);1H. The van der Waals surface area contributed by atoms with Gasteiger partial charge in [0, 0.05) is 17.8 Å².